The molecule has 0 bridgehead atoms. The first-order valence-electron chi connectivity index (χ1n) is 9.25. The van der Waals surface area contributed by atoms with Gasteiger partial charge in [-0.1, -0.05) is 62.2 Å². The van der Waals surface area contributed by atoms with Crippen LogP contribution < -0.4 is 14.8 Å². The molecule has 2 aromatic rings. The summed E-state index contributed by atoms with van der Waals surface area (Å²) in [7, 11) is 0. The number of carbonyl (C=O) groups is 1. The van der Waals surface area contributed by atoms with Gasteiger partial charge >= 0.3 is 0 Å². The molecule has 0 aliphatic carbocycles. The molecule has 0 saturated heterocycles. The lowest BCUT2D eigenvalue weighted by Gasteiger charge is -2.23. The molecule has 1 amide bonds. The largest absolute Gasteiger partial charge is 0.491 e. The highest BCUT2D eigenvalue weighted by Crippen LogP contribution is 2.33. The highest BCUT2D eigenvalue weighted by Gasteiger charge is 2.20. The number of para-hydroxylation sites is 2. The molecule has 4 nitrogen and oxygen atoms in total. The lowest BCUT2D eigenvalue weighted by molar-refractivity contribution is -0.118. The Balaban J connectivity index is 2.02. The summed E-state index contributed by atoms with van der Waals surface area (Å²) in [5, 5.41) is 2.88. The second-order valence-electron chi connectivity index (χ2n) is 7.43. The molecule has 1 N–H and O–H groups in total. The van der Waals surface area contributed by atoms with Crippen LogP contribution in [-0.2, 0) is 10.2 Å². The maximum absolute atomic E-state index is 12.4. The molecular weight excluding hydrogens is 406 g/mol. The van der Waals surface area contributed by atoms with Gasteiger partial charge in [-0.2, -0.15) is 0 Å². The van der Waals surface area contributed by atoms with E-state index >= 15 is 0 Å². The van der Waals surface area contributed by atoms with E-state index in [4.69, 9.17) is 9.47 Å². The zero-order valence-electron chi connectivity index (χ0n) is 16.5. The van der Waals surface area contributed by atoms with Gasteiger partial charge in [-0.25, -0.2) is 0 Å². The summed E-state index contributed by atoms with van der Waals surface area (Å²) in [5.74, 6) is 1.18. The smallest absolute Gasteiger partial charge is 0.262 e. The number of rotatable bonds is 8. The number of halogens is 1. The fraction of sp³-hybridized carbons (Fsp3) is 0.409. The number of amides is 1. The molecule has 5 heteroatoms. The van der Waals surface area contributed by atoms with Gasteiger partial charge in [-0.15, -0.1) is 0 Å². The second-order valence-corrected chi connectivity index (χ2v) is 8.34. The molecule has 2 rings (SSSR count). The van der Waals surface area contributed by atoms with Crippen molar-refractivity contribution in [1.82, 2.24) is 0 Å². The molecule has 0 aromatic heterocycles. The number of benzene rings is 2. The Morgan fingerprint density at radius 3 is 2.52 bits per heavy atom. The summed E-state index contributed by atoms with van der Waals surface area (Å²) in [4.78, 5) is 12.4. The van der Waals surface area contributed by atoms with Gasteiger partial charge in [-0.05, 0) is 42.2 Å². The molecule has 0 aliphatic heterocycles. The van der Waals surface area contributed by atoms with Crippen molar-refractivity contribution in [1.29, 1.82) is 0 Å². The summed E-state index contributed by atoms with van der Waals surface area (Å²) in [6.45, 7) is 9.03. The molecular formula is C22H28BrNO3. The highest BCUT2D eigenvalue weighted by atomic mass is 79.9. The van der Waals surface area contributed by atoms with E-state index in [1.165, 1.54) is 0 Å². The van der Waals surface area contributed by atoms with Gasteiger partial charge in [0.2, 0.25) is 0 Å². The average Bonchev–Trinajstić information content (AvgIpc) is 2.61. The number of carbonyl (C=O) groups excluding carboxylic acids is 1. The summed E-state index contributed by atoms with van der Waals surface area (Å²) in [6.07, 6.45) is 2.04. The topological polar surface area (TPSA) is 47.6 Å². The van der Waals surface area contributed by atoms with Crippen molar-refractivity contribution in [3.05, 3.63) is 52.5 Å². The third-order valence-electron chi connectivity index (χ3n) is 4.02. The monoisotopic (exact) mass is 433 g/mol. The SMILES string of the molecule is CCCCOc1ccccc1NC(=O)COc1ccc(Br)cc1C(C)(C)C. The summed E-state index contributed by atoms with van der Waals surface area (Å²) >= 11 is 3.50. The van der Waals surface area contributed by atoms with Crippen LogP contribution in [0.2, 0.25) is 0 Å². The van der Waals surface area contributed by atoms with E-state index < -0.39 is 0 Å². The van der Waals surface area contributed by atoms with E-state index in [2.05, 4.69) is 48.9 Å². The molecule has 0 radical (unpaired) electrons. The molecule has 0 spiro atoms. The molecule has 0 saturated carbocycles. The quantitative estimate of drug-likeness (QED) is 0.523. The fourth-order valence-electron chi connectivity index (χ4n) is 2.57. The minimum absolute atomic E-state index is 0.0615. The van der Waals surface area contributed by atoms with Gasteiger partial charge in [0.05, 0.1) is 12.3 Å². The first kappa shape index (κ1) is 21.3. The number of hydrogen-bond acceptors (Lipinski definition) is 3. The Hall–Kier alpha value is -2.01. The maximum atomic E-state index is 12.4. The predicted molar refractivity (Wildman–Crippen MR) is 114 cm³/mol. The van der Waals surface area contributed by atoms with E-state index in [1.807, 2.05) is 42.5 Å². The predicted octanol–water partition coefficient (Wildman–Crippen LogP) is 5.94. The number of ether oxygens (including phenoxy) is 2. The van der Waals surface area contributed by atoms with Crippen molar-refractivity contribution in [3.63, 3.8) is 0 Å². The third kappa shape index (κ3) is 6.58. The maximum Gasteiger partial charge on any atom is 0.262 e. The Bertz CT molecular complexity index is 768. The summed E-state index contributed by atoms with van der Waals surface area (Å²) in [6, 6.07) is 13.3. The van der Waals surface area contributed by atoms with Gasteiger partial charge in [-0.3, -0.25) is 4.79 Å². The Morgan fingerprint density at radius 1 is 1.07 bits per heavy atom. The van der Waals surface area contributed by atoms with Crippen molar-refractivity contribution >= 4 is 27.5 Å². The first-order chi connectivity index (χ1) is 12.8. The lowest BCUT2D eigenvalue weighted by Crippen LogP contribution is -2.22. The van der Waals surface area contributed by atoms with Crippen molar-refractivity contribution in [2.24, 2.45) is 0 Å². The van der Waals surface area contributed by atoms with Crippen molar-refractivity contribution < 1.29 is 14.3 Å². The molecule has 146 valence electrons. The van der Waals surface area contributed by atoms with Crippen molar-refractivity contribution in [3.8, 4) is 11.5 Å². The molecule has 0 atom stereocenters. The zero-order chi connectivity index (χ0) is 19.9. The highest BCUT2D eigenvalue weighted by molar-refractivity contribution is 9.10. The lowest BCUT2D eigenvalue weighted by atomic mass is 9.86. The van der Waals surface area contributed by atoms with E-state index in [9.17, 15) is 4.79 Å². The van der Waals surface area contributed by atoms with Gasteiger partial charge in [0, 0.05) is 10.0 Å². The molecule has 27 heavy (non-hydrogen) atoms. The third-order valence-corrected chi connectivity index (χ3v) is 4.52. The van der Waals surface area contributed by atoms with Crippen LogP contribution in [0.5, 0.6) is 11.5 Å². The first-order valence-corrected chi connectivity index (χ1v) is 10.0. The Morgan fingerprint density at radius 2 is 1.81 bits per heavy atom. The van der Waals surface area contributed by atoms with E-state index in [0.717, 1.165) is 22.9 Å². The van der Waals surface area contributed by atoms with E-state index in [0.29, 0.717) is 23.8 Å². The fourth-order valence-corrected chi connectivity index (χ4v) is 2.93. The number of anilines is 1. The van der Waals surface area contributed by atoms with Crippen LogP contribution in [-0.4, -0.2) is 19.1 Å². The zero-order valence-corrected chi connectivity index (χ0v) is 18.1. The van der Waals surface area contributed by atoms with Crippen molar-refractivity contribution in [2.75, 3.05) is 18.5 Å². The Kier molecular flexibility index (Phi) is 7.72. The molecule has 2 aromatic carbocycles. The standard InChI is InChI=1S/C22H28BrNO3/c1-5-6-13-26-20-10-8-7-9-18(20)24-21(25)15-27-19-12-11-16(23)14-17(19)22(2,3)4/h7-12,14H,5-6,13,15H2,1-4H3,(H,24,25). The van der Waals surface area contributed by atoms with Crippen LogP contribution in [0.3, 0.4) is 0 Å². The van der Waals surface area contributed by atoms with Gasteiger partial charge in [0.25, 0.3) is 5.91 Å². The number of nitrogens with one attached hydrogen (secondary N) is 1. The second kappa shape index (κ2) is 9.79. The van der Waals surface area contributed by atoms with Crippen molar-refractivity contribution in [2.45, 2.75) is 46.0 Å². The molecule has 0 heterocycles. The minimum atomic E-state index is -0.218. The van der Waals surface area contributed by atoms with Crippen LogP contribution in [0.25, 0.3) is 0 Å². The van der Waals surface area contributed by atoms with Gasteiger partial charge in [0.1, 0.15) is 11.5 Å². The number of hydrogen-bond donors (Lipinski definition) is 1. The molecule has 0 unspecified atom stereocenters. The summed E-state index contributed by atoms with van der Waals surface area (Å²) < 4.78 is 12.6. The van der Waals surface area contributed by atoms with Crippen LogP contribution >= 0.6 is 15.9 Å². The van der Waals surface area contributed by atoms with Gasteiger partial charge in [0.15, 0.2) is 6.61 Å². The van der Waals surface area contributed by atoms with Crippen LogP contribution in [0.4, 0.5) is 5.69 Å². The Labute approximate surface area is 170 Å². The molecule has 0 fully saturated rings. The van der Waals surface area contributed by atoms with Crippen LogP contribution in [0.15, 0.2) is 46.9 Å². The van der Waals surface area contributed by atoms with Crippen LogP contribution in [0, 0.1) is 0 Å². The van der Waals surface area contributed by atoms with E-state index in [1.54, 1.807) is 0 Å². The molecule has 0 aliphatic rings. The summed E-state index contributed by atoms with van der Waals surface area (Å²) in [5.41, 5.74) is 1.62. The van der Waals surface area contributed by atoms with Crippen LogP contribution in [0.1, 0.15) is 46.1 Å². The van der Waals surface area contributed by atoms with Gasteiger partial charge < -0.3 is 14.8 Å². The number of unbranched alkanes of at least 4 members (excludes halogenated alkanes) is 1. The average molecular weight is 434 g/mol. The minimum Gasteiger partial charge on any atom is -0.491 e. The normalized spacial score (nSPS) is 11.1. The van der Waals surface area contributed by atoms with E-state index in [-0.39, 0.29) is 17.9 Å².